The van der Waals surface area contributed by atoms with Crippen LogP contribution in [0.25, 0.3) is 0 Å². The molecule has 0 unspecified atom stereocenters. The van der Waals surface area contributed by atoms with Gasteiger partial charge in [-0.3, -0.25) is 4.79 Å². The normalized spacial score (nSPS) is 16.4. The third-order valence-electron chi connectivity index (χ3n) is 3.72. The first kappa shape index (κ1) is 14.5. The fraction of sp³-hybridized carbons (Fsp3) is 0.467. The molecule has 0 radical (unpaired) electrons. The number of carboxylic acid groups (broad SMARTS) is 1. The Kier molecular flexibility index (Phi) is 4.71. The Morgan fingerprint density at radius 3 is 2.40 bits per heavy atom. The summed E-state index contributed by atoms with van der Waals surface area (Å²) >= 11 is 0. The van der Waals surface area contributed by atoms with Gasteiger partial charge in [-0.05, 0) is 25.0 Å². The number of aromatic carboxylic acids is 1. The largest absolute Gasteiger partial charge is 0.478 e. The van der Waals surface area contributed by atoms with Crippen LogP contribution in [-0.2, 0) is 4.79 Å². The molecule has 0 aliphatic heterocycles. The highest BCUT2D eigenvalue weighted by Crippen LogP contribution is 2.26. The molecule has 5 heteroatoms. The molecule has 1 aromatic carbocycles. The lowest BCUT2D eigenvalue weighted by molar-refractivity contribution is -0.120. The highest BCUT2D eigenvalue weighted by atomic mass is 19.1. The van der Waals surface area contributed by atoms with Crippen LogP contribution in [0.4, 0.5) is 10.1 Å². The molecule has 108 valence electrons. The zero-order chi connectivity index (χ0) is 14.5. The van der Waals surface area contributed by atoms with Gasteiger partial charge in [-0.25, -0.2) is 9.18 Å². The predicted molar refractivity (Wildman–Crippen MR) is 73.2 cm³/mol. The molecule has 1 aliphatic rings. The van der Waals surface area contributed by atoms with Gasteiger partial charge in [-0.2, -0.15) is 0 Å². The first-order valence-electron chi connectivity index (χ1n) is 6.92. The van der Waals surface area contributed by atoms with Crippen molar-refractivity contribution in [2.45, 2.75) is 38.5 Å². The summed E-state index contributed by atoms with van der Waals surface area (Å²) in [5.74, 6) is -2.40. The summed E-state index contributed by atoms with van der Waals surface area (Å²) in [4.78, 5) is 23.2. The minimum atomic E-state index is -1.25. The molecule has 1 fully saturated rings. The van der Waals surface area contributed by atoms with Crippen molar-refractivity contribution in [3.8, 4) is 0 Å². The highest BCUT2D eigenvalue weighted by Gasteiger charge is 2.23. The number of hydrogen-bond acceptors (Lipinski definition) is 2. The maximum Gasteiger partial charge on any atom is 0.337 e. The molecular weight excluding hydrogens is 261 g/mol. The zero-order valence-corrected chi connectivity index (χ0v) is 11.2. The average molecular weight is 279 g/mol. The fourth-order valence-corrected chi connectivity index (χ4v) is 2.60. The van der Waals surface area contributed by atoms with Crippen LogP contribution in [0.15, 0.2) is 18.2 Å². The molecule has 0 spiro atoms. The van der Waals surface area contributed by atoms with Gasteiger partial charge in [0.15, 0.2) is 0 Å². The summed E-state index contributed by atoms with van der Waals surface area (Å²) in [5.41, 5.74) is -0.443. The molecule has 0 aromatic heterocycles. The van der Waals surface area contributed by atoms with Gasteiger partial charge < -0.3 is 10.4 Å². The van der Waals surface area contributed by atoms with E-state index in [9.17, 15) is 14.0 Å². The van der Waals surface area contributed by atoms with Crippen LogP contribution in [0.1, 0.15) is 48.9 Å². The second-order valence-corrected chi connectivity index (χ2v) is 5.15. The Morgan fingerprint density at radius 2 is 1.80 bits per heavy atom. The van der Waals surface area contributed by atoms with Crippen molar-refractivity contribution >= 4 is 17.6 Å². The van der Waals surface area contributed by atoms with Gasteiger partial charge in [0, 0.05) is 5.92 Å². The molecule has 4 nitrogen and oxygen atoms in total. The SMILES string of the molecule is O=C(O)c1cccc(F)c1NC(=O)C1CCCCCC1. The number of amides is 1. The maximum atomic E-state index is 13.7. The molecule has 1 saturated carbocycles. The lowest BCUT2D eigenvalue weighted by atomic mass is 9.99. The Bertz CT molecular complexity index is 508. The van der Waals surface area contributed by atoms with E-state index in [1.165, 1.54) is 12.1 Å². The van der Waals surface area contributed by atoms with E-state index in [-0.39, 0.29) is 23.1 Å². The zero-order valence-electron chi connectivity index (χ0n) is 11.2. The van der Waals surface area contributed by atoms with Crippen molar-refractivity contribution in [2.24, 2.45) is 5.92 Å². The monoisotopic (exact) mass is 279 g/mol. The van der Waals surface area contributed by atoms with E-state index >= 15 is 0 Å². The number of benzene rings is 1. The van der Waals surface area contributed by atoms with Crippen molar-refractivity contribution in [3.63, 3.8) is 0 Å². The third kappa shape index (κ3) is 3.35. The van der Waals surface area contributed by atoms with Crippen molar-refractivity contribution in [1.82, 2.24) is 0 Å². The lowest BCUT2D eigenvalue weighted by Gasteiger charge is -2.15. The average Bonchev–Trinajstić information content (AvgIpc) is 2.69. The second-order valence-electron chi connectivity index (χ2n) is 5.15. The number of nitrogens with one attached hydrogen (secondary N) is 1. The molecular formula is C15H18FNO3. The number of anilines is 1. The Labute approximate surface area is 117 Å². The van der Waals surface area contributed by atoms with Crippen LogP contribution in [-0.4, -0.2) is 17.0 Å². The summed E-state index contributed by atoms with van der Waals surface area (Å²) in [6.45, 7) is 0. The summed E-state index contributed by atoms with van der Waals surface area (Å²) < 4.78 is 13.7. The van der Waals surface area contributed by atoms with Crippen LogP contribution in [0, 0.1) is 11.7 Å². The topological polar surface area (TPSA) is 66.4 Å². The smallest absolute Gasteiger partial charge is 0.337 e. The number of para-hydroxylation sites is 1. The van der Waals surface area contributed by atoms with Gasteiger partial charge in [-0.15, -0.1) is 0 Å². The molecule has 0 bridgehead atoms. The van der Waals surface area contributed by atoms with Gasteiger partial charge in [0.05, 0.1) is 11.3 Å². The van der Waals surface area contributed by atoms with Gasteiger partial charge in [-0.1, -0.05) is 31.7 Å². The Hall–Kier alpha value is -1.91. The van der Waals surface area contributed by atoms with Crippen molar-refractivity contribution in [2.75, 3.05) is 5.32 Å². The van der Waals surface area contributed by atoms with Crippen molar-refractivity contribution in [3.05, 3.63) is 29.6 Å². The van der Waals surface area contributed by atoms with Gasteiger partial charge in [0.2, 0.25) is 5.91 Å². The van der Waals surface area contributed by atoms with E-state index in [0.717, 1.165) is 44.6 Å². The molecule has 2 rings (SSSR count). The van der Waals surface area contributed by atoms with Crippen molar-refractivity contribution in [1.29, 1.82) is 0 Å². The quantitative estimate of drug-likeness (QED) is 0.833. The van der Waals surface area contributed by atoms with Crippen LogP contribution in [0.3, 0.4) is 0 Å². The van der Waals surface area contributed by atoms with E-state index < -0.39 is 11.8 Å². The molecule has 2 N–H and O–H groups in total. The lowest BCUT2D eigenvalue weighted by Crippen LogP contribution is -2.24. The van der Waals surface area contributed by atoms with E-state index in [2.05, 4.69) is 5.32 Å². The number of carbonyl (C=O) groups excluding carboxylic acids is 1. The summed E-state index contributed by atoms with van der Waals surface area (Å²) in [7, 11) is 0. The van der Waals surface area contributed by atoms with E-state index in [1.807, 2.05) is 0 Å². The summed E-state index contributed by atoms with van der Waals surface area (Å²) in [6.07, 6.45) is 5.77. The highest BCUT2D eigenvalue weighted by molar-refractivity contribution is 6.01. The molecule has 1 aromatic rings. The Morgan fingerprint density at radius 1 is 1.15 bits per heavy atom. The van der Waals surface area contributed by atoms with E-state index in [4.69, 9.17) is 5.11 Å². The van der Waals surface area contributed by atoms with Crippen molar-refractivity contribution < 1.29 is 19.1 Å². The van der Waals surface area contributed by atoms with Gasteiger partial charge >= 0.3 is 5.97 Å². The number of hydrogen-bond donors (Lipinski definition) is 2. The molecule has 0 atom stereocenters. The van der Waals surface area contributed by atoms with Gasteiger partial charge in [0.1, 0.15) is 5.82 Å². The molecule has 1 aliphatic carbocycles. The fourth-order valence-electron chi connectivity index (χ4n) is 2.60. The van der Waals surface area contributed by atoms with Crippen LogP contribution in [0.5, 0.6) is 0 Å². The number of carboxylic acids is 1. The van der Waals surface area contributed by atoms with Crippen LogP contribution < -0.4 is 5.32 Å². The predicted octanol–water partition coefficient (Wildman–Crippen LogP) is 3.43. The number of rotatable bonds is 3. The van der Waals surface area contributed by atoms with Crippen LogP contribution in [0.2, 0.25) is 0 Å². The summed E-state index contributed by atoms with van der Waals surface area (Å²) in [6, 6.07) is 3.75. The summed E-state index contributed by atoms with van der Waals surface area (Å²) in [5, 5.41) is 11.5. The minimum absolute atomic E-state index is 0.154. The first-order valence-corrected chi connectivity index (χ1v) is 6.92. The first-order chi connectivity index (χ1) is 9.59. The molecule has 1 amide bonds. The van der Waals surface area contributed by atoms with E-state index in [0.29, 0.717) is 0 Å². The maximum absolute atomic E-state index is 13.7. The number of halogens is 1. The minimum Gasteiger partial charge on any atom is -0.478 e. The standard InChI is InChI=1S/C15H18FNO3/c16-12-9-5-8-11(15(19)20)13(12)17-14(18)10-6-3-1-2-4-7-10/h5,8-10H,1-4,6-7H2,(H,17,18)(H,19,20). The van der Waals surface area contributed by atoms with Crippen LogP contribution >= 0.6 is 0 Å². The molecule has 0 heterocycles. The second kappa shape index (κ2) is 6.50. The number of carbonyl (C=O) groups is 2. The van der Waals surface area contributed by atoms with Gasteiger partial charge in [0.25, 0.3) is 0 Å². The Balaban J connectivity index is 2.16. The van der Waals surface area contributed by atoms with E-state index in [1.54, 1.807) is 0 Å². The third-order valence-corrected chi connectivity index (χ3v) is 3.72. The molecule has 20 heavy (non-hydrogen) atoms. The molecule has 0 saturated heterocycles.